The normalized spacial score (nSPS) is 10.1. The van der Waals surface area contributed by atoms with Crippen molar-refractivity contribution in [2.24, 2.45) is 0 Å². The minimum absolute atomic E-state index is 0.150. The van der Waals surface area contributed by atoms with Gasteiger partial charge in [-0.2, -0.15) is 0 Å². The summed E-state index contributed by atoms with van der Waals surface area (Å²) >= 11 is 1.40. The second-order valence-corrected chi connectivity index (χ2v) is 4.70. The summed E-state index contributed by atoms with van der Waals surface area (Å²) in [6.07, 6.45) is 0. The fraction of sp³-hybridized carbons (Fsp3) is 0.0714. The maximum absolute atomic E-state index is 11.4. The molecule has 4 heteroatoms. The first-order valence-electron chi connectivity index (χ1n) is 5.35. The van der Waals surface area contributed by atoms with Crippen molar-refractivity contribution in [2.75, 3.05) is 7.11 Å². The molecule has 0 unspecified atom stereocenters. The first kappa shape index (κ1) is 12.5. The Morgan fingerprint density at radius 1 is 1.17 bits per heavy atom. The smallest absolute Gasteiger partial charge is 0.337 e. The van der Waals surface area contributed by atoms with Crippen LogP contribution in [0.15, 0.2) is 58.3 Å². The van der Waals surface area contributed by atoms with Crippen molar-refractivity contribution in [3.8, 4) is 5.75 Å². The summed E-state index contributed by atoms with van der Waals surface area (Å²) in [5.41, 5.74) is 0.425. The quantitative estimate of drug-likeness (QED) is 0.860. The van der Waals surface area contributed by atoms with Gasteiger partial charge >= 0.3 is 5.97 Å². The highest BCUT2D eigenvalue weighted by Gasteiger charge is 2.10. The van der Waals surface area contributed by atoms with Crippen molar-refractivity contribution in [2.45, 2.75) is 9.79 Å². The van der Waals surface area contributed by atoms with Gasteiger partial charge in [0.15, 0.2) is 0 Å². The highest BCUT2D eigenvalue weighted by molar-refractivity contribution is 7.99. The molecule has 0 saturated carbocycles. The van der Waals surface area contributed by atoms with Gasteiger partial charge in [0.2, 0.25) is 0 Å². The molecule has 0 radical (unpaired) electrons. The number of esters is 1. The molecule has 0 amide bonds. The summed E-state index contributed by atoms with van der Waals surface area (Å²) in [4.78, 5) is 13.0. The first-order chi connectivity index (χ1) is 8.70. The lowest BCUT2D eigenvalue weighted by molar-refractivity contribution is 0.0600. The van der Waals surface area contributed by atoms with Crippen LogP contribution < -0.4 is 0 Å². The van der Waals surface area contributed by atoms with Crippen LogP contribution in [0.3, 0.4) is 0 Å². The fourth-order valence-corrected chi connectivity index (χ4v) is 2.36. The highest BCUT2D eigenvalue weighted by atomic mass is 32.2. The number of carbonyl (C=O) groups excluding carboxylic acids is 1. The molecule has 3 nitrogen and oxygen atoms in total. The number of aromatic hydroxyl groups is 1. The largest absolute Gasteiger partial charge is 0.507 e. The Morgan fingerprint density at radius 2 is 1.89 bits per heavy atom. The Kier molecular flexibility index (Phi) is 3.89. The number of rotatable bonds is 3. The third-order valence-electron chi connectivity index (χ3n) is 2.35. The molecule has 2 aromatic rings. The van der Waals surface area contributed by atoms with Gasteiger partial charge in [-0.1, -0.05) is 30.0 Å². The average molecular weight is 260 g/mol. The molecule has 0 atom stereocenters. The van der Waals surface area contributed by atoms with E-state index in [0.29, 0.717) is 10.5 Å². The van der Waals surface area contributed by atoms with Crippen LogP contribution in [0.5, 0.6) is 5.75 Å². The number of phenolic OH excluding ortho intramolecular Hbond substituents is 1. The van der Waals surface area contributed by atoms with Gasteiger partial charge in [-0.15, -0.1) is 0 Å². The van der Waals surface area contributed by atoms with Gasteiger partial charge in [-0.25, -0.2) is 4.79 Å². The number of hydrogen-bond acceptors (Lipinski definition) is 4. The maximum atomic E-state index is 11.4. The standard InChI is InChI=1S/C14H12O3S/c1-17-14(16)10-7-8-12(15)13(9-10)18-11-5-3-2-4-6-11/h2-9,15H,1H3. The Bertz CT molecular complexity index is 552. The SMILES string of the molecule is COC(=O)c1ccc(O)c(Sc2ccccc2)c1. The molecular weight excluding hydrogens is 248 g/mol. The van der Waals surface area contributed by atoms with Gasteiger partial charge in [0, 0.05) is 4.90 Å². The summed E-state index contributed by atoms with van der Waals surface area (Å²) < 4.78 is 4.65. The van der Waals surface area contributed by atoms with E-state index in [4.69, 9.17) is 0 Å². The molecule has 2 rings (SSSR count). The molecule has 0 heterocycles. The van der Waals surface area contributed by atoms with E-state index in [1.165, 1.54) is 31.0 Å². The summed E-state index contributed by atoms with van der Waals surface area (Å²) in [6, 6.07) is 14.3. The second-order valence-electron chi connectivity index (χ2n) is 3.59. The van der Waals surface area contributed by atoms with Crippen molar-refractivity contribution >= 4 is 17.7 Å². The molecule has 0 aromatic heterocycles. The number of ether oxygens (including phenoxy) is 1. The Hall–Kier alpha value is -1.94. The Balaban J connectivity index is 2.30. The van der Waals surface area contributed by atoms with Crippen LogP contribution in [-0.2, 0) is 4.74 Å². The average Bonchev–Trinajstić information content (AvgIpc) is 2.41. The summed E-state index contributed by atoms with van der Waals surface area (Å²) in [7, 11) is 1.33. The van der Waals surface area contributed by atoms with Gasteiger partial charge in [0.1, 0.15) is 5.75 Å². The molecule has 18 heavy (non-hydrogen) atoms. The van der Waals surface area contributed by atoms with Crippen molar-refractivity contribution in [1.29, 1.82) is 0 Å². The van der Waals surface area contributed by atoms with Gasteiger partial charge in [0.05, 0.1) is 17.6 Å². The van der Waals surface area contributed by atoms with Gasteiger partial charge in [0.25, 0.3) is 0 Å². The summed E-state index contributed by atoms with van der Waals surface area (Å²) in [5.74, 6) is -0.263. The minimum Gasteiger partial charge on any atom is -0.507 e. The second kappa shape index (κ2) is 5.60. The molecule has 0 saturated heterocycles. The molecule has 1 N–H and O–H groups in total. The summed E-state index contributed by atoms with van der Waals surface area (Å²) in [5, 5.41) is 9.78. The lowest BCUT2D eigenvalue weighted by atomic mass is 10.2. The van der Waals surface area contributed by atoms with E-state index >= 15 is 0 Å². The molecule has 0 aliphatic carbocycles. The molecule has 92 valence electrons. The zero-order chi connectivity index (χ0) is 13.0. The number of benzene rings is 2. The molecule has 0 bridgehead atoms. The fourth-order valence-electron chi connectivity index (χ4n) is 1.46. The van der Waals surface area contributed by atoms with E-state index in [2.05, 4.69) is 4.74 Å². The zero-order valence-electron chi connectivity index (χ0n) is 9.79. The predicted octanol–water partition coefficient (Wildman–Crippen LogP) is 3.33. The van der Waals surface area contributed by atoms with E-state index in [9.17, 15) is 9.90 Å². The number of hydrogen-bond donors (Lipinski definition) is 1. The van der Waals surface area contributed by atoms with Crippen LogP contribution in [0.2, 0.25) is 0 Å². The number of methoxy groups -OCH3 is 1. The molecule has 0 aliphatic rings. The van der Waals surface area contributed by atoms with Crippen LogP contribution in [0.4, 0.5) is 0 Å². The van der Waals surface area contributed by atoms with Crippen LogP contribution in [-0.4, -0.2) is 18.2 Å². The van der Waals surface area contributed by atoms with E-state index in [1.807, 2.05) is 30.3 Å². The predicted molar refractivity (Wildman–Crippen MR) is 70.0 cm³/mol. The first-order valence-corrected chi connectivity index (χ1v) is 6.16. The molecule has 0 spiro atoms. The van der Waals surface area contributed by atoms with Gasteiger partial charge in [-0.3, -0.25) is 0 Å². The lowest BCUT2D eigenvalue weighted by Gasteiger charge is -2.06. The zero-order valence-corrected chi connectivity index (χ0v) is 10.6. The highest BCUT2D eigenvalue weighted by Crippen LogP contribution is 2.34. The van der Waals surface area contributed by atoms with Crippen LogP contribution in [0, 0.1) is 0 Å². The minimum atomic E-state index is -0.412. The third-order valence-corrected chi connectivity index (χ3v) is 3.41. The van der Waals surface area contributed by atoms with E-state index < -0.39 is 5.97 Å². The molecule has 0 fully saturated rings. The monoisotopic (exact) mass is 260 g/mol. The van der Waals surface area contributed by atoms with Crippen molar-refractivity contribution in [3.05, 3.63) is 54.1 Å². The molecule has 0 aliphatic heterocycles. The van der Waals surface area contributed by atoms with Crippen molar-refractivity contribution in [3.63, 3.8) is 0 Å². The van der Waals surface area contributed by atoms with Crippen LogP contribution in [0.25, 0.3) is 0 Å². The van der Waals surface area contributed by atoms with E-state index in [0.717, 1.165) is 4.90 Å². The van der Waals surface area contributed by atoms with Crippen LogP contribution in [0.1, 0.15) is 10.4 Å². The number of phenols is 1. The van der Waals surface area contributed by atoms with Crippen molar-refractivity contribution in [1.82, 2.24) is 0 Å². The van der Waals surface area contributed by atoms with E-state index in [1.54, 1.807) is 6.07 Å². The maximum Gasteiger partial charge on any atom is 0.337 e. The topological polar surface area (TPSA) is 46.5 Å². The summed E-state index contributed by atoms with van der Waals surface area (Å²) in [6.45, 7) is 0. The third kappa shape index (κ3) is 2.84. The Morgan fingerprint density at radius 3 is 2.56 bits per heavy atom. The van der Waals surface area contributed by atoms with Crippen LogP contribution >= 0.6 is 11.8 Å². The van der Waals surface area contributed by atoms with Gasteiger partial charge < -0.3 is 9.84 Å². The van der Waals surface area contributed by atoms with E-state index in [-0.39, 0.29) is 5.75 Å². The Labute approximate surface area is 109 Å². The number of carbonyl (C=O) groups is 1. The van der Waals surface area contributed by atoms with Crippen molar-refractivity contribution < 1.29 is 14.6 Å². The molecule has 2 aromatic carbocycles. The van der Waals surface area contributed by atoms with Gasteiger partial charge in [-0.05, 0) is 30.3 Å². The molecular formula is C14H12O3S. The lowest BCUT2D eigenvalue weighted by Crippen LogP contribution is -2.00.